The molecule has 28 heavy (non-hydrogen) atoms. The number of carbonyl (C=O) groups excluding carboxylic acids is 1. The average molecular weight is 380 g/mol. The molecule has 2 fully saturated rings. The SMILES string of the molecule is Cn1c(=O)[nH]c2ccc(C3=CC4CN(C(=O)C5(C(C)(C)C)CC5)CC4C3)nc21. The van der Waals surface area contributed by atoms with Crippen LogP contribution in [0.5, 0.6) is 0 Å². The molecule has 2 aromatic rings. The number of hydrogen-bond donors (Lipinski definition) is 1. The Kier molecular flexibility index (Phi) is 3.53. The number of likely N-dealkylation sites (tertiary alicyclic amines) is 1. The maximum Gasteiger partial charge on any atom is 0.327 e. The van der Waals surface area contributed by atoms with Crippen molar-refractivity contribution < 1.29 is 4.79 Å². The normalized spacial score (nSPS) is 25.9. The van der Waals surface area contributed by atoms with Gasteiger partial charge >= 0.3 is 5.69 Å². The molecule has 2 aromatic heterocycles. The van der Waals surface area contributed by atoms with Gasteiger partial charge in [0, 0.05) is 20.1 Å². The molecule has 1 aliphatic heterocycles. The Hall–Kier alpha value is -2.37. The molecule has 148 valence electrons. The molecule has 6 heteroatoms. The van der Waals surface area contributed by atoms with Gasteiger partial charge in [-0.25, -0.2) is 9.78 Å². The lowest BCUT2D eigenvalue weighted by atomic mass is 9.76. The quantitative estimate of drug-likeness (QED) is 0.871. The number of allylic oxidation sites excluding steroid dienone is 1. The highest BCUT2D eigenvalue weighted by Crippen LogP contribution is 2.60. The number of H-pyrrole nitrogens is 1. The second kappa shape index (κ2) is 5.58. The molecular weight excluding hydrogens is 352 g/mol. The van der Waals surface area contributed by atoms with Gasteiger partial charge in [-0.2, -0.15) is 0 Å². The second-order valence-electron chi connectivity index (χ2n) is 9.92. The van der Waals surface area contributed by atoms with Crippen LogP contribution in [0.4, 0.5) is 0 Å². The van der Waals surface area contributed by atoms with Gasteiger partial charge in [0.25, 0.3) is 0 Å². The summed E-state index contributed by atoms with van der Waals surface area (Å²) in [6.07, 6.45) is 5.32. The molecule has 2 aliphatic carbocycles. The highest BCUT2D eigenvalue weighted by atomic mass is 16.2. The summed E-state index contributed by atoms with van der Waals surface area (Å²) < 4.78 is 1.55. The highest BCUT2D eigenvalue weighted by molar-refractivity contribution is 5.87. The molecule has 1 saturated heterocycles. The van der Waals surface area contributed by atoms with Gasteiger partial charge in [0.05, 0.1) is 16.6 Å². The number of nitrogens with one attached hydrogen (secondary N) is 1. The predicted octanol–water partition coefficient (Wildman–Crippen LogP) is 2.95. The van der Waals surface area contributed by atoms with E-state index in [4.69, 9.17) is 4.98 Å². The molecule has 0 aromatic carbocycles. The standard InChI is InChI=1S/C22H28N4O2/c1-21(2,3)22(7-8-22)19(27)26-11-14-9-13(10-15(14)12-26)16-5-6-17-18(23-16)25(4)20(28)24-17/h5-6,9,14-15H,7-8,10-12H2,1-4H3,(H,24,28). The van der Waals surface area contributed by atoms with E-state index < -0.39 is 0 Å². The van der Waals surface area contributed by atoms with Crippen molar-refractivity contribution in [1.82, 2.24) is 19.4 Å². The van der Waals surface area contributed by atoms with Crippen LogP contribution >= 0.6 is 0 Å². The Bertz CT molecular complexity index is 1060. The Morgan fingerprint density at radius 2 is 2.00 bits per heavy atom. The number of rotatable bonds is 2. The van der Waals surface area contributed by atoms with Crippen molar-refractivity contribution in [3.63, 3.8) is 0 Å². The first kappa shape index (κ1) is 17.7. The Balaban J connectivity index is 1.36. The number of aryl methyl sites for hydroxylation is 1. The van der Waals surface area contributed by atoms with Crippen molar-refractivity contribution in [3.8, 4) is 0 Å². The van der Waals surface area contributed by atoms with E-state index in [9.17, 15) is 9.59 Å². The molecule has 2 unspecified atom stereocenters. The molecule has 6 nitrogen and oxygen atoms in total. The van der Waals surface area contributed by atoms with E-state index in [0.29, 0.717) is 23.4 Å². The van der Waals surface area contributed by atoms with Gasteiger partial charge in [-0.05, 0) is 54.2 Å². The topological polar surface area (TPSA) is 71.0 Å². The minimum Gasteiger partial charge on any atom is -0.341 e. The Labute approximate surface area is 164 Å². The van der Waals surface area contributed by atoms with E-state index in [2.05, 4.69) is 36.7 Å². The van der Waals surface area contributed by atoms with Gasteiger partial charge in [0.15, 0.2) is 5.65 Å². The number of amides is 1. The molecule has 0 bridgehead atoms. The first-order valence-electron chi connectivity index (χ1n) is 10.3. The van der Waals surface area contributed by atoms with Crippen LogP contribution in [0.1, 0.15) is 45.7 Å². The Morgan fingerprint density at radius 3 is 2.64 bits per heavy atom. The minimum atomic E-state index is -0.140. The van der Waals surface area contributed by atoms with Crippen LogP contribution in [0, 0.1) is 22.7 Å². The van der Waals surface area contributed by atoms with Crippen LogP contribution in [0.15, 0.2) is 23.0 Å². The zero-order valence-electron chi connectivity index (χ0n) is 17.1. The van der Waals surface area contributed by atoms with E-state index in [0.717, 1.165) is 43.6 Å². The van der Waals surface area contributed by atoms with Crippen molar-refractivity contribution >= 4 is 22.6 Å². The van der Waals surface area contributed by atoms with Gasteiger partial charge in [-0.1, -0.05) is 26.8 Å². The first-order valence-corrected chi connectivity index (χ1v) is 10.3. The third kappa shape index (κ3) is 2.43. The van der Waals surface area contributed by atoms with E-state index in [1.54, 1.807) is 11.6 Å². The molecule has 1 N–H and O–H groups in total. The van der Waals surface area contributed by atoms with E-state index in [-0.39, 0.29) is 16.5 Å². The summed E-state index contributed by atoms with van der Waals surface area (Å²) in [5.74, 6) is 1.27. The summed E-state index contributed by atoms with van der Waals surface area (Å²) >= 11 is 0. The summed E-state index contributed by atoms with van der Waals surface area (Å²) in [4.78, 5) is 34.7. The number of hydrogen-bond acceptors (Lipinski definition) is 3. The van der Waals surface area contributed by atoms with Gasteiger partial charge in [0.1, 0.15) is 0 Å². The van der Waals surface area contributed by atoms with Crippen molar-refractivity contribution in [2.75, 3.05) is 13.1 Å². The van der Waals surface area contributed by atoms with Crippen molar-refractivity contribution in [1.29, 1.82) is 0 Å². The average Bonchev–Trinajstić information content (AvgIpc) is 3.13. The number of aromatic nitrogens is 3. The molecule has 2 atom stereocenters. The smallest absolute Gasteiger partial charge is 0.327 e. The second-order valence-corrected chi connectivity index (χ2v) is 9.92. The highest BCUT2D eigenvalue weighted by Gasteiger charge is 2.60. The molecule has 0 spiro atoms. The predicted molar refractivity (Wildman–Crippen MR) is 109 cm³/mol. The number of fused-ring (bicyclic) bond motifs is 2. The zero-order chi connectivity index (χ0) is 19.8. The third-order valence-electron chi connectivity index (χ3n) is 7.34. The zero-order valence-corrected chi connectivity index (χ0v) is 17.1. The van der Waals surface area contributed by atoms with Crippen molar-refractivity contribution in [2.24, 2.45) is 29.7 Å². The monoisotopic (exact) mass is 380 g/mol. The summed E-state index contributed by atoms with van der Waals surface area (Å²) in [5.41, 5.74) is 3.41. The summed E-state index contributed by atoms with van der Waals surface area (Å²) in [7, 11) is 1.74. The fraction of sp³-hybridized carbons (Fsp3) is 0.591. The van der Waals surface area contributed by atoms with Crippen LogP contribution in [0.3, 0.4) is 0 Å². The molecule has 5 rings (SSSR count). The lowest BCUT2D eigenvalue weighted by Gasteiger charge is -2.33. The third-order valence-corrected chi connectivity index (χ3v) is 7.34. The largest absolute Gasteiger partial charge is 0.341 e. The summed E-state index contributed by atoms with van der Waals surface area (Å²) in [6, 6.07) is 3.93. The minimum absolute atomic E-state index is 0.0363. The van der Waals surface area contributed by atoms with Crippen LogP contribution in [0.25, 0.3) is 16.7 Å². The van der Waals surface area contributed by atoms with Gasteiger partial charge < -0.3 is 9.88 Å². The fourth-order valence-corrected chi connectivity index (χ4v) is 5.25. The van der Waals surface area contributed by atoms with Gasteiger partial charge in [0.2, 0.25) is 5.91 Å². The summed E-state index contributed by atoms with van der Waals surface area (Å²) in [5, 5.41) is 0. The Morgan fingerprint density at radius 1 is 1.25 bits per heavy atom. The maximum atomic E-state index is 13.2. The number of nitrogens with zero attached hydrogens (tertiary/aromatic N) is 3. The lowest BCUT2D eigenvalue weighted by Crippen LogP contribution is -2.42. The molecule has 1 amide bonds. The number of pyridine rings is 1. The summed E-state index contributed by atoms with van der Waals surface area (Å²) in [6.45, 7) is 8.27. The van der Waals surface area contributed by atoms with E-state index >= 15 is 0 Å². The number of aromatic amines is 1. The molecule has 3 heterocycles. The fourth-order valence-electron chi connectivity index (χ4n) is 5.25. The molecule has 3 aliphatic rings. The first-order chi connectivity index (χ1) is 13.2. The van der Waals surface area contributed by atoms with Gasteiger partial charge in [-0.15, -0.1) is 0 Å². The van der Waals surface area contributed by atoms with Crippen LogP contribution < -0.4 is 5.69 Å². The van der Waals surface area contributed by atoms with Crippen LogP contribution in [-0.2, 0) is 11.8 Å². The maximum absolute atomic E-state index is 13.2. The van der Waals surface area contributed by atoms with Crippen molar-refractivity contribution in [2.45, 2.75) is 40.0 Å². The molecule has 0 radical (unpaired) electrons. The van der Waals surface area contributed by atoms with E-state index in [1.165, 1.54) is 5.57 Å². The van der Waals surface area contributed by atoms with Gasteiger partial charge in [-0.3, -0.25) is 9.36 Å². The lowest BCUT2D eigenvalue weighted by molar-refractivity contribution is -0.140. The number of imidazole rings is 1. The van der Waals surface area contributed by atoms with Crippen molar-refractivity contribution in [3.05, 3.63) is 34.4 Å². The van der Waals surface area contributed by atoms with Crippen LogP contribution in [0.2, 0.25) is 0 Å². The molecular formula is C22H28N4O2. The van der Waals surface area contributed by atoms with Crippen LogP contribution in [-0.4, -0.2) is 38.4 Å². The van der Waals surface area contributed by atoms with E-state index in [1.807, 2.05) is 12.1 Å². The molecule has 1 saturated carbocycles. The number of carbonyl (C=O) groups is 1.